The van der Waals surface area contributed by atoms with Crippen LogP contribution in [0.15, 0.2) is 29.3 Å². The van der Waals surface area contributed by atoms with Gasteiger partial charge in [-0.05, 0) is 37.8 Å². The van der Waals surface area contributed by atoms with E-state index in [4.69, 9.17) is 16.6 Å². The fraction of sp³-hybridized carbons (Fsp3) is 0.650. The highest BCUT2D eigenvalue weighted by atomic mass is 35.5. The van der Waals surface area contributed by atoms with Gasteiger partial charge in [0.1, 0.15) is 0 Å². The molecule has 2 aliphatic heterocycles. The summed E-state index contributed by atoms with van der Waals surface area (Å²) in [4.78, 5) is 9.51. The topological polar surface area (TPSA) is 68.2 Å². The number of nitrogens with one attached hydrogen (secondary N) is 1. The van der Waals surface area contributed by atoms with E-state index in [0.29, 0.717) is 19.0 Å². The van der Waals surface area contributed by atoms with Crippen molar-refractivity contribution in [2.45, 2.75) is 19.8 Å². The van der Waals surface area contributed by atoms with Crippen LogP contribution in [0.1, 0.15) is 19.8 Å². The monoisotopic (exact) mass is 441 g/mol. The van der Waals surface area contributed by atoms with Crippen LogP contribution in [0.5, 0.6) is 0 Å². The molecule has 1 aromatic carbocycles. The van der Waals surface area contributed by atoms with Crippen molar-refractivity contribution in [3.63, 3.8) is 0 Å². The van der Waals surface area contributed by atoms with E-state index in [2.05, 4.69) is 28.1 Å². The van der Waals surface area contributed by atoms with Gasteiger partial charge in [0.2, 0.25) is 10.0 Å². The second kappa shape index (κ2) is 10.00. The van der Waals surface area contributed by atoms with E-state index in [-0.39, 0.29) is 0 Å². The van der Waals surface area contributed by atoms with E-state index in [1.54, 1.807) is 4.31 Å². The number of guanidine groups is 1. The molecule has 7 nitrogen and oxygen atoms in total. The van der Waals surface area contributed by atoms with E-state index < -0.39 is 10.0 Å². The Balaban J connectivity index is 1.54. The summed E-state index contributed by atoms with van der Waals surface area (Å²) >= 11 is 6.35. The number of nitrogens with zero attached hydrogens (tertiary/aromatic N) is 4. The van der Waals surface area contributed by atoms with Crippen LogP contribution >= 0.6 is 11.6 Å². The van der Waals surface area contributed by atoms with Crippen molar-refractivity contribution in [3.8, 4) is 0 Å². The summed E-state index contributed by atoms with van der Waals surface area (Å²) in [6.07, 6.45) is 3.03. The average Bonchev–Trinajstić information content (AvgIpc) is 2.71. The lowest BCUT2D eigenvalue weighted by Gasteiger charge is -2.38. The van der Waals surface area contributed by atoms with Gasteiger partial charge in [-0.1, -0.05) is 23.7 Å². The van der Waals surface area contributed by atoms with Crippen LogP contribution in [0.3, 0.4) is 0 Å². The van der Waals surface area contributed by atoms with Crippen molar-refractivity contribution in [2.75, 3.05) is 63.5 Å². The summed E-state index contributed by atoms with van der Waals surface area (Å²) in [5.41, 5.74) is 1.09. The average molecular weight is 442 g/mol. The van der Waals surface area contributed by atoms with Crippen molar-refractivity contribution in [1.29, 1.82) is 0 Å². The summed E-state index contributed by atoms with van der Waals surface area (Å²) in [6, 6.07) is 7.98. The lowest BCUT2D eigenvalue weighted by molar-refractivity contribution is 0.279. The fourth-order valence-corrected chi connectivity index (χ4v) is 5.06. The molecule has 0 saturated carbocycles. The summed E-state index contributed by atoms with van der Waals surface area (Å²) in [5.74, 6) is 1.39. The minimum Gasteiger partial charge on any atom is -0.367 e. The number of aliphatic imine (C=N–C) groups is 1. The van der Waals surface area contributed by atoms with Gasteiger partial charge >= 0.3 is 0 Å². The molecule has 9 heteroatoms. The minimum absolute atomic E-state index is 0.436. The Morgan fingerprint density at radius 2 is 1.79 bits per heavy atom. The molecular formula is C20H32ClN5O2S. The van der Waals surface area contributed by atoms with Crippen LogP contribution < -0.4 is 10.2 Å². The number of para-hydroxylation sites is 1. The van der Waals surface area contributed by atoms with Gasteiger partial charge in [-0.3, -0.25) is 4.99 Å². The van der Waals surface area contributed by atoms with Crippen LogP contribution in [0.25, 0.3) is 0 Å². The number of sulfonamides is 1. The van der Waals surface area contributed by atoms with Crippen LogP contribution in [-0.4, -0.2) is 82.2 Å². The van der Waals surface area contributed by atoms with Gasteiger partial charge in [0.05, 0.1) is 17.0 Å². The molecule has 162 valence electrons. The van der Waals surface area contributed by atoms with E-state index in [9.17, 15) is 8.42 Å². The maximum Gasteiger partial charge on any atom is 0.211 e. The summed E-state index contributed by atoms with van der Waals surface area (Å²) in [7, 11) is -3.07. The van der Waals surface area contributed by atoms with Gasteiger partial charge in [0, 0.05) is 52.4 Å². The summed E-state index contributed by atoms with van der Waals surface area (Å²) < 4.78 is 24.9. The third kappa shape index (κ3) is 5.99. The zero-order chi connectivity index (χ0) is 20.9. The van der Waals surface area contributed by atoms with Crippen molar-refractivity contribution >= 4 is 33.3 Å². The molecule has 0 aromatic heterocycles. The highest BCUT2D eigenvalue weighted by Gasteiger charge is 2.25. The Kier molecular flexibility index (Phi) is 7.65. The standard InChI is InChI=1S/C20H32ClN5O2S/c1-3-22-20(23-16-17-8-10-26(11-9-17)29(2,27)28)25-14-12-24(13-15-25)19-7-5-4-6-18(19)21/h4-7,17H,3,8-16H2,1-2H3,(H,22,23). The number of hydrogen-bond acceptors (Lipinski definition) is 4. The third-order valence-electron chi connectivity index (χ3n) is 5.65. The molecule has 0 unspecified atom stereocenters. The Morgan fingerprint density at radius 3 is 2.38 bits per heavy atom. The van der Waals surface area contributed by atoms with Gasteiger partial charge in [-0.25, -0.2) is 12.7 Å². The quantitative estimate of drug-likeness (QED) is 0.559. The fourth-order valence-electron chi connectivity index (χ4n) is 3.93. The number of benzene rings is 1. The molecule has 0 amide bonds. The van der Waals surface area contributed by atoms with Gasteiger partial charge in [-0.2, -0.15) is 0 Å². The number of piperidine rings is 1. The maximum absolute atomic E-state index is 11.7. The second-order valence-electron chi connectivity index (χ2n) is 7.73. The first-order valence-corrected chi connectivity index (χ1v) is 12.6. The number of halogens is 1. The lowest BCUT2D eigenvalue weighted by atomic mass is 9.98. The predicted octanol–water partition coefficient (Wildman–Crippen LogP) is 2.10. The van der Waals surface area contributed by atoms with Crippen molar-refractivity contribution in [2.24, 2.45) is 10.9 Å². The smallest absolute Gasteiger partial charge is 0.211 e. The normalized spacial score (nSPS) is 20.2. The first-order chi connectivity index (χ1) is 13.9. The molecule has 29 heavy (non-hydrogen) atoms. The van der Waals surface area contributed by atoms with Crippen LogP contribution in [0, 0.1) is 5.92 Å². The molecule has 0 atom stereocenters. The highest BCUT2D eigenvalue weighted by Crippen LogP contribution is 2.26. The number of rotatable bonds is 5. The van der Waals surface area contributed by atoms with Gasteiger partial charge < -0.3 is 15.1 Å². The van der Waals surface area contributed by atoms with Crippen molar-refractivity contribution < 1.29 is 8.42 Å². The lowest BCUT2D eigenvalue weighted by Crippen LogP contribution is -2.52. The molecule has 0 bridgehead atoms. The van der Waals surface area contributed by atoms with Crippen LogP contribution in [-0.2, 0) is 10.0 Å². The first kappa shape index (κ1) is 22.2. The maximum atomic E-state index is 11.7. The molecule has 1 aromatic rings. The van der Waals surface area contributed by atoms with Gasteiger partial charge in [0.15, 0.2) is 5.96 Å². The molecule has 0 spiro atoms. The second-order valence-corrected chi connectivity index (χ2v) is 10.1. The van der Waals surface area contributed by atoms with E-state index >= 15 is 0 Å². The Morgan fingerprint density at radius 1 is 1.14 bits per heavy atom. The van der Waals surface area contributed by atoms with E-state index in [0.717, 1.165) is 68.8 Å². The zero-order valence-corrected chi connectivity index (χ0v) is 18.9. The molecule has 2 heterocycles. The first-order valence-electron chi connectivity index (χ1n) is 10.4. The molecule has 2 fully saturated rings. The SMILES string of the molecule is CCNC(=NCC1CCN(S(C)(=O)=O)CC1)N1CCN(c2ccccc2Cl)CC1. The van der Waals surface area contributed by atoms with Crippen LogP contribution in [0.4, 0.5) is 5.69 Å². The third-order valence-corrected chi connectivity index (χ3v) is 7.27. The van der Waals surface area contributed by atoms with Crippen molar-refractivity contribution in [3.05, 3.63) is 29.3 Å². The molecule has 0 aliphatic carbocycles. The number of hydrogen-bond donors (Lipinski definition) is 1. The Bertz CT molecular complexity index is 801. The van der Waals surface area contributed by atoms with Crippen LogP contribution in [0.2, 0.25) is 5.02 Å². The van der Waals surface area contributed by atoms with Gasteiger partial charge in [-0.15, -0.1) is 0 Å². The predicted molar refractivity (Wildman–Crippen MR) is 120 cm³/mol. The number of anilines is 1. The Hall–Kier alpha value is -1.51. The molecule has 2 saturated heterocycles. The molecule has 3 rings (SSSR count). The largest absolute Gasteiger partial charge is 0.367 e. The summed E-state index contributed by atoms with van der Waals surface area (Å²) in [5, 5.41) is 4.21. The van der Waals surface area contributed by atoms with Crippen molar-refractivity contribution in [1.82, 2.24) is 14.5 Å². The van der Waals surface area contributed by atoms with E-state index in [1.165, 1.54) is 6.26 Å². The highest BCUT2D eigenvalue weighted by molar-refractivity contribution is 7.88. The molecular weight excluding hydrogens is 410 g/mol. The minimum atomic E-state index is -3.07. The van der Waals surface area contributed by atoms with Gasteiger partial charge in [0.25, 0.3) is 0 Å². The molecule has 2 aliphatic rings. The molecule has 0 radical (unpaired) electrons. The number of piperazine rings is 1. The zero-order valence-electron chi connectivity index (χ0n) is 17.3. The Labute approximate surface area is 179 Å². The molecule has 1 N–H and O–H groups in total. The summed E-state index contributed by atoms with van der Waals surface area (Å²) in [6.45, 7) is 8.45. The van der Waals surface area contributed by atoms with E-state index in [1.807, 2.05) is 18.2 Å².